The van der Waals surface area contributed by atoms with Crippen molar-refractivity contribution in [3.05, 3.63) is 11.7 Å². The Hall–Kier alpha value is -1.96. The zero-order chi connectivity index (χ0) is 20.0. The largest absolute Gasteiger partial charge is 0.352 e. The summed E-state index contributed by atoms with van der Waals surface area (Å²) in [4.78, 5) is 28.6. The van der Waals surface area contributed by atoms with Gasteiger partial charge < -0.3 is 20.5 Å². The van der Waals surface area contributed by atoms with Crippen molar-refractivity contribution in [2.24, 2.45) is 5.92 Å². The van der Waals surface area contributed by atoms with E-state index in [0.717, 1.165) is 58.0 Å². The van der Waals surface area contributed by atoms with Gasteiger partial charge in [-0.05, 0) is 31.7 Å². The predicted molar refractivity (Wildman–Crippen MR) is 104 cm³/mol. The van der Waals surface area contributed by atoms with Crippen molar-refractivity contribution < 1.29 is 14.1 Å². The summed E-state index contributed by atoms with van der Waals surface area (Å²) in [5.74, 6) is 1.40. The Balaban J connectivity index is 1.59. The molecule has 2 fully saturated rings. The third kappa shape index (κ3) is 5.31. The van der Waals surface area contributed by atoms with E-state index in [1.807, 2.05) is 0 Å². The second kappa shape index (κ2) is 9.49. The molecule has 1 saturated carbocycles. The van der Waals surface area contributed by atoms with Crippen LogP contribution in [0.2, 0.25) is 0 Å². The zero-order valence-electron chi connectivity index (χ0n) is 17.1. The molecule has 3 rings (SSSR count). The third-order valence-electron chi connectivity index (χ3n) is 6.01. The normalized spacial score (nSPS) is 24.9. The molecule has 1 aromatic rings. The molecule has 1 aliphatic carbocycles. The number of hydrogen-bond acceptors (Lipinski definition) is 6. The Morgan fingerprint density at radius 3 is 2.68 bits per heavy atom. The molecule has 2 atom stereocenters. The third-order valence-corrected chi connectivity index (χ3v) is 6.01. The molecule has 2 amide bonds. The fourth-order valence-electron chi connectivity index (χ4n) is 4.31. The first-order chi connectivity index (χ1) is 13.5. The molecule has 156 valence electrons. The molecule has 8 heteroatoms. The van der Waals surface area contributed by atoms with Crippen molar-refractivity contribution in [3.8, 4) is 0 Å². The summed E-state index contributed by atoms with van der Waals surface area (Å²) in [6.07, 6.45) is 7.80. The maximum atomic E-state index is 12.3. The van der Waals surface area contributed by atoms with Gasteiger partial charge in [0.25, 0.3) is 0 Å². The topological polar surface area (TPSA) is 109 Å². The summed E-state index contributed by atoms with van der Waals surface area (Å²) in [6.45, 7) is 5.52. The molecule has 0 radical (unpaired) electrons. The van der Waals surface area contributed by atoms with E-state index in [1.54, 1.807) is 0 Å². The maximum absolute atomic E-state index is 12.3. The molecule has 2 heterocycles. The van der Waals surface area contributed by atoms with Crippen LogP contribution in [0, 0.1) is 5.92 Å². The Morgan fingerprint density at radius 1 is 1.25 bits per heavy atom. The Kier molecular flexibility index (Phi) is 7.04. The summed E-state index contributed by atoms with van der Waals surface area (Å²) in [5, 5.41) is 13.7. The highest BCUT2D eigenvalue weighted by Crippen LogP contribution is 2.34. The van der Waals surface area contributed by atoms with Gasteiger partial charge in [-0.1, -0.05) is 37.8 Å². The van der Waals surface area contributed by atoms with Crippen molar-refractivity contribution in [2.75, 3.05) is 13.1 Å². The van der Waals surface area contributed by atoms with Gasteiger partial charge in [-0.25, -0.2) is 0 Å². The quantitative estimate of drug-likeness (QED) is 0.638. The average molecular weight is 392 g/mol. The van der Waals surface area contributed by atoms with E-state index in [1.165, 1.54) is 6.92 Å². The zero-order valence-corrected chi connectivity index (χ0v) is 17.1. The standard InChI is InChI=1S/C20H33N5O3/c1-14-9-12-21-13-16(14)22-17(27)7-8-18-23-19(25-28-18)20(24-15(2)26)10-5-3-4-6-11-20/h14,16,21H,3-13H2,1-2H3,(H,22,27)(H,24,26). The summed E-state index contributed by atoms with van der Waals surface area (Å²) < 4.78 is 5.42. The van der Waals surface area contributed by atoms with Crippen molar-refractivity contribution in [1.29, 1.82) is 0 Å². The lowest BCUT2D eigenvalue weighted by molar-refractivity contribution is -0.122. The SMILES string of the molecule is CC(=O)NC1(c2noc(CCC(=O)NC3CNCCC3C)n2)CCCCCC1. The highest BCUT2D eigenvalue weighted by Gasteiger charge is 2.38. The minimum absolute atomic E-state index is 0.00587. The van der Waals surface area contributed by atoms with Crippen LogP contribution in [0.3, 0.4) is 0 Å². The average Bonchev–Trinajstić information content (AvgIpc) is 3.02. The number of piperidine rings is 1. The minimum Gasteiger partial charge on any atom is -0.352 e. The number of nitrogens with one attached hydrogen (secondary N) is 3. The smallest absolute Gasteiger partial charge is 0.227 e. The monoisotopic (exact) mass is 391 g/mol. The number of amides is 2. The fourth-order valence-corrected chi connectivity index (χ4v) is 4.31. The van der Waals surface area contributed by atoms with Gasteiger partial charge >= 0.3 is 0 Å². The van der Waals surface area contributed by atoms with Gasteiger partial charge in [0, 0.05) is 32.4 Å². The number of carbonyl (C=O) groups is 2. The lowest BCUT2D eigenvalue weighted by Crippen LogP contribution is -2.50. The summed E-state index contributed by atoms with van der Waals surface area (Å²) in [7, 11) is 0. The Labute approximate surface area is 166 Å². The molecule has 3 N–H and O–H groups in total. The van der Waals surface area contributed by atoms with Gasteiger partial charge in [-0.15, -0.1) is 0 Å². The molecular weight excluding hydrogens is 358 g/mol. The first-order valence-corrected chi connectivity index (χ1v) is 10.6. The van der Waals surface area contributed by atoms with Crippen molar-refractivity contribution in [1.82, 2.24) is 26.1 Å². The summed E-state index contributed by atoms with van der Waals surface area (Å²) >= 11 is 0. The van der Waals surface area contributed by atoms with E-state index in [2.05, 4.69) is 33.0 Å². The van der Waals surface area contributed by atoms with Crippen molar-refractivity contribution >= 4 is 11.8 Å². The van der Waals surface area contributed by atoms with Crippen LogP contribution in [0.25, 0.3) is 0 Å². The van der Waals surface area contributed by atoms with E-state index in [9.17, 15) is 9.59 Å². The lowest BCUT2D eigenvalue weighted by Gasteiger charge is -2.30. The first-order valence-electron chi connectivity index (χ1n) is 10.6. The second-order valence-corrected chi connectivity index (χ2v) is 8.33. The van der Waals surface area contributed by atoms with Crippen LogP contribution in [0.5, 0.6) is 0 Å². The summed E-state index contributed by atoms with van der Waals surface area (Å²) in [5.41, 5.74) is -0.546. The number of aromatic nitrogens is 2. The van der Waals surface area contributed by atoms with Crippen molar-refractivity contribution in [2.45, 2.75) is 83.2 Å². The van der Waals surface area contributed by atoms with E-state index < -0.39 is 5.54 Å². The molecule has 0 spiro atoms. The van der Waals surface area contributed by atoms with Gasteiger partial charge in [0.2, 0.25) is 17.7 Å². The number of nitrogens with zero attached hydrogens (tertiary/aromatic N) is 2. The highest BCUT2D eigenvalue weighted by atomic mass is 16.5. The van der Waals surface area contributed by atoms with Gasteiger partial charge in [0.1, 0.15) is 5.54 Å². The molecule has 0 bridgehead atoms. The predicted octanol–water partition coefficient (Wildman–Crippen LogP) is 1.80. The molecule has 28 heavy (non-hydrogen) atoms. The van der Waals surface area contributed by atoms with Crippen molar-refractivity contribution in [3.63, 3.8) is 0 Å². The van der Waals surface area contributed by atoms with Crippen LogP contribution < -0.4 is 16.0 Å². The Morgan fingerprint density at radius 2 is 2.00 bits per heavy atom. The molecular formula is C20H33N5O3. The highest BCUT2D eigenvalue weighted by molar-refractivity contribution is 5.76. The fraction of sp³-hybridized carbons (Fsp3) is 0.800. The van der Waals surface area contributed by atoms with Gasteiger partial charge in [0.05, 0.1) is 0 Å². The number of hydrogen-bond donors (Lipinski definition) is 3. The maximum Gasteiger partial charge on any atom is 0.227 e. The molecule has 8 nitrogen and oxygen atoms in total. The summed E-state index contributed by atoms with van der Waals surface area (Å²) in [6, 6.07) is 0.175. The van der Waals surface area contributed by atoms with E-state index in [-0.39, 0.29) is 17.9 Å². The molecule has 2 unspecified atom stereocenters. The van der Waals surface area contributed by atoms with Crippen LogP contribution in [-0.2, 0) is 21.5 Å². The van der Waals surface area contributed by atoms with E-state index in [0.29, 0.717) is 30.5 Å². The van der Waals surface area contributed by atoms with Crippen LogP contribution in [0.15, 0.2) is 4.52 Å². The molecule has 0 aromatic carbocycles. The minimum atomic E-state index is -0.546. The van der Waals surface area contributed by atoms with Crippen LogP contribution >= 0.6 is 0 Å². The molecule has 1 saturated heterocycles. The van der Waals surface area contributed by atoms with Crippen LogP contribution in [-0.4, -0.2) is 41.1 Å². The number of carbonyl (C=O) groups excluding carboxylic acids is 2. The Bertz CT molecular complexity index is 667. The van der Waals surface area contributed by atoms with Crippen LogP contribution in [0.1, 0.15) is 76.9 Å². The van der Waals surface area contributed by atoms with Gasteiger partial charge in [0.15, 0.2) is 5.82 Å². The number of aryl methyl sites for hydroxylation is 1. The molecule has 1 aliphatic heterocycles. The first kappa shape index (κ1) is 20.8. The number of rotatable bonds is 6. The van der Waals surface area contributed by atoms with E-state index >= 15 is 0 Å². The lowest BCUT2D eigenvalue weighted by atomic mass is 9.89. The molecule has 2 aliphatic rings. The van der Waals surface area contributed by atoms with Gasteiger partial charge in [-0.3, -0.25) is 9.59 Å². The van der Waals surface area contributed by atoms with Gasteiger partial charge in [-0.2, -0.15) is 4.98 Å². The second-order valence-electron chi connectivity index (χ2n) is 8.33. The van der Waals surface area contributed by atoms with Crippen LogP contribution in [0.4, 0.5) is 0 Å². The molecule has 1 aromatic heterocycles. The van der Waals surface area contributed by atoms with E-state index in [4.69, 9.17) is 4.52 Å².